The number of pyridine rings is 1. The van der Waals surface area contributed by atoms with E-state index in [1.165, 1.54) is 5.56 Å². The summed E-state index contributed by atoms with van der Waals surface area (Å²) < 4.78 is 5.65. The molecule has 0 spiro atoms. The van der Waals surface area contributed by atoms with Gasteiger partial charge in [-0.05, 0) is 19.1 Å². The van der Waals surface area contributed by atoms with E-state index in [9.17, 15) is 0 Å². The van der Waals surface area contributed by atoms with Crippen LogP contribution in [-0.2, 0) is 19.5 Å². The fourth-order valence-corrected chi connectivity index (χ4v) is 3.76. The normalized spacial score (nSPS) is 14.0. The minimum Gasteiger partial charge on any atom is -0.356 e. The third kappa shape index (κ3) is 3.54. The molecule has 5 rings (SSSR count). The number of hydrogen-bond acceptors (Lipinski definition) is 6. The first-order valence-corrected chi connectivity index (χ1v) is 9.76. The Bertz CT molecular complexity index is 1120. The van der Waals surface area contributed by atoms with Crippen molar-refractivity contribution >= 4 is 0 Å². The molecule has 0 saturated carbocycles. The van der Waals surface area contributed by atoms with Gasteiger partial charge in [0, 0.05) is 66.9 Å². The Morgan fingerprint density at radius 2 is 1.86 bits per heavy atom. The van der Waals surface area contributed by atoms with Crippen LogP contribution in [0.1, 0.15) is 22.5 Å². The summed E-state index contributed by atoms with van der Waals surface area (Å²) in [4.78, 5) is 15.9. The summed E-state index contributed by atoms with van der Waals surface area (Å²) in [6.07, 6.45) is 6.40. The maximum absolute atomic E-state index is 5.65. The molecule has 0 unspecified atom stereocenters. The maximum atomic E-state index is 5.65. The highest BCUT2D eigenvalue weighted by Gasteiger charge is 2.23. The summed E-state index contributed by atoms with van der Waals surface area (Å²) >= 11 is 0. The molecular formula is C23H21N5O. The molecule has 0 radical (unpaired) electrons. The van der Waals surface area contributed by atoms with Gasteiger partial charge in [0.05, 0.1) is 11.4 Å². The highest BCUT2D eigenvalue weighted by atomic mass is 16.5. The zero-order valence-corrected chi connectivity index (χ0v) is 16.2. The van der Waals surface area contributed by atoms with Gasteiger partial charge in [-0.15, -0.1) is 0 Å². The van der Waals surface area contributed by atoms with E-state index in [0.717, 1.165) is 65.7 Å². The molecule has 1 aromatic carbocycles. The number of aryl methyl sites for hydroxylation is 1. The Labute approximate surface area is 169 Å². The Kier molecular flexibility index (Phi) is 4.62. The monoisotopic (exact) mass is 383 g/mol. The summed E-state index contributed by atoms with van der Waals surface area (Å²) in [5.74, 6) is 1.62. The Hall–Kier alpha value is -3.38. The summed E-state index contributed by atoms with van der Waals surface area (Å²) in [5, 5.41) is 4.22. The van der Waals surface area contributed by atoms with Crippen LogP contribution in [0.4, 0.5) is 0 Å². The molecule has 6 heteroatoms. The van der Waals surface area contributed by atoms with Crippen LogP contribution in [0.5, 0.6) is 0 Å². The van der Waals surface area contributed by atoms with Crippen molar-refractivity contribution < 1.29 is 4.52 Å². The number of hydrogen-bond donors (Lipinski definition) is 0. The van der Waals surface area contributed by atoms with E-state index in [-0.39, 0.29) is 0 Å². The van der Waals surface area contributed by atoms with Crippen molar-refractivity contribution in [3.63, 3.8) is 0 Å². The van der Waals surface area contributed by atoms with Crippen molar-refractivity contribution in [1.82, 2.24) is 25.0 Å². The fourth-order valence-electron chi connectivity index (χ4n) is 3.76. The number of rotatable bonds is 4. The molecule has 0 N–H and O–H groups in total. The number of benzene rings is 1. The first kappa shape index (κ1) is 17.7. The summed E-state index contributed by atoms with van der Waals surface area (Å²) in [7, 11) is 0. The molecule has 0 bridgehead atoms. The molecule has 4 heterocycles. The fraction of sp³-hybridized carbons (Fsp3) is 0.217. The molecule has 0 amide bonds. The van der Waals surface area contributed by atoms with Crippen LogP contribution in [0.15, 0.2) is 65.6 Å². The Balaban J connectivity index is 1.37. The van der Waals surface area contributed by atoms with E-state index in [2.05, 4.69) is 32.2 Å². The van der Waals surface area contributed by atoms with Gasteiger partial charge in [0.1, 0.15) is 0 Å². The molecule has 144 valence electrons. The molecule has 1 aliphatic heterocycles. The maximum Gasteiger partial charge on any atom is 0.171 e. The van der Waals surface area contributed by atoms with Crippen molar-refractivity contribution in [1.29, 1.82) is 0 Å². The van der Waals surface area contributed by atoms with Gasteiger partial charge in [-0.1, -0.05) is 35.5 Å². The smallest absolute Gasteiger partial charge is 0.171 e. The molecule has 6 nitrogen and oxygen atoms in total. The lowest BCUT2D eigenvalue weighted by Crippen LogP contribution is -2.31. The number of aromatic nitrogens is 4. The molecule has 29 heavy (non-hydrogen) atoms. The van der Waals surface area contributed by atoms with E-state index in [4.69, 9.17) is 9.51 Å². The lowest BCUT2D eigenvalue weighted by molar-refractivity contribution is 0.242. The highest BCUT2D eigenvalue weighted by molar-refractivity contribution is 5.61. The third-order valence-electron chi connectivity index (χ3n) is 5.35. The van der Waals surface area contributed by atoms with Crippen molar-refractivity contribution in [2.75, 3.05) is 6.54 Å². The first-order valence-electron chi connectivity index (χ1n) is 9.76. The molecular weight excluding hydrogens is 362 g/mol. The van der Waals surface area contributed by atoms with Crippen LogP contribution in [0, 0.1) is 6.92 Å². The second-order valence-electron chi connectivity index (χ2n) is 7.30. The average molecular weight is 383 g/mol. The molecule has 4 aromatic rings. The van der Waals surface area contributed by atoms with Crippen molar-refractivity contribution in [2.45, 2.75) is 26.4 Å². The van der Waals surface area contributed by atoms with E-state index >= 15 is 0 Å². The standard InChI is InChI=1S/C23H21N5O/c1-16-20(22(29-27-16)17-5-3-2-4-6-17)15-28-12-9-21-19(14-28)13-25-23(26-21)18-7-10-24-11-8-18/h2-8,10-11,13H,9,12,14-15H2,1H3. The zero-order chi connectivity index (χ0) is 19.6. The number of nitrogens with zero attached hydrogens (tertiary/aromatic N) is 5. The Morgan fingerprint density at radius 1 is 1.03 bits per heavy atom. The van der Waals surface area contributed by atoms with Gasteiger partial charge in [-0.2, -0.15) is 0 Å². The molecule has 0 aliphatic carbocycles. The van der Waals surface area contributed by atoms with Gasteiger partial charge in [-0.3, -0.25) is 9.88 Å². The van der Waals surface area contributed by atoms with Gasteiger partial charge < -0.3 is 4.52 Å². The van der Waals surface area contributed by atoms with Crippen LogP contribution in [0.25, 0.3) is 22.7 Å². The molecule has 3 aromatic heterocycles. The summed E-state index contributed by atoms with van der Waals surface area (Å²) in [5.41, 5.74) is 6.47. The third-order valence-corrected chi connectivity index (χ3v) is 5.35. The first-order chi connectivity index (χ1) is 14.3. The summed E-state index contributed by atoms with van der Waals surface area (Å²) in [6, 6.07) is 14.0. The molecule has 0 atom stereocenters. The number of fused-ring (bicyclic) bond motifs is 1. The van der Waals surface area contributed by atoms with Crippen LogP contribution in [-0.4, -0.2) is 31.6 Å². The lowest BCUT2D eigenvalue weighted by Gasteiger charge is -2.28. The van der Waals surface area contributed by atoms with Crippen molar-refractivity contribution in [3.05, 3.63) is 83.6 Å². The van der Waals surface area contributed by atoms with Crippen molar-refractivity contribution in [3.8, 4) is 22.7 Å². The van der Waals surface area contributed by atoms with E-state index in [1.807, 2.05) is 43.5 Å². The van der Waals surface area contributed by atoms with Gasteiger partial charge in [-0.25, -0.2) is 9.97 Å². The topological polar surface area (TPSA) is 67.9 Å². The predicted molar refractivity (Wildman–Crippen MR) is 110 cm³/mol. The second-order valence-corrected chi connectivity index (χ2v) is 7.30. The Morgan fingerprint density at radius 3 is 2.69 bits per heavy atom. The van der Waals surface area contributed by atoms with Crippen LogP contribution < -0.4 is 0 Å². The predicted octanol–water partition coefficient (Wildman–Crippen LogP) is 4.06. The highest BCUT2D eigenvalue weighted by Crippen LogP contribution is 2.29. The minimum absolute atomic E-state index is 0.765. The summed E-state index contributed by atoms with van der Waals surface area (Å²) in [6.45, 7) is 4.57. The van der Waals surface area contributed by atoms with Crippen LogP contribution in [0.2, 0.25) is 0 Å². The average Bonchev–Trinajstić information content (AvgIpc) is 3.14. The van der Waals surface area contributed by atoms with Gasteiger partial charge >= 0.3 is 0 Å². The molecule has 0 fully saturated rings. The van der Waals surface area contributed by atoms with Crippen LogP contribution >= 0.6 is 0 Å². The molecule has 1 aliphatic rings. The lowest BCUT2D eigenvalue weighted by atomic mass is 10.0. The SMILES string of the molecule is Cc1noc(-c2ccccc2)c1CN1CCc2nc(-c3ccncc3)ncc2C1. The minimum atomic E-state index is 0.765. The second kappa shape index (κ2) is 7.56. The molecule has 0 saturated heterocycles. The van der Waals surface area contributed by atoms with Gasteiger partial charge in [0.2, 0.25) is 0 Å². The largest absolute Gasteiger partial charge is 0.356 e. The van der Waals surface area contributed by atoms with E-state index < -0.39 is 0 Å². The zero-order valence-electron chi connectivity index (χ0n) is 16.2. The van der Waals surface area contributed by atoms with Gasteiger partial charge in [0.25, 0.3) is 0 Å². The van der Waals surface area contributed by atoms with E-state index in [1.54, 1.807) is 12.4 Å². The quantitative estimate of drug-likeness (QED) is 0.529. The van der Waals surface area contributed by atoms with Gasteiger partial charge in [0.15, 0.2) is 11.6 Å². The van der Waals surface area contributed by atoms with E-state index in [0.29, 0.717) is 0 Å². The van der Waals surface area contributed by atoms with Crippen molar-refractivity contribution in [2.24, 2.45) is 0 Å². The van der Waals surface area contributed by atoms with Crippen LogP contribution in [0.3, 0.4) is 0 Å².